The molecule has 15 heavy (non-hydrogen) atoms. The molecule has 0 unspecified atom stereocenters. The van der Waals surface area contributed by atoms with Gasteiger partial charge in [0.2, 0.25) is 0 Å². The largest absolute Gasteiger partial charge is 1.00 e. The molecule has 1 fully saturated rings. The summed E-state index contributed by atoms with van der Waals surface area (Å²) in [5.41, 5.74) is 0.245. The monoisotopic (exact) mass is 228 g/mol. The summed E-state index contributed by atoms with van der Waals surface area (Å²) in [7, 11) is 0. The summed E-state index contributed by atoms with van der Waals surface area (Å²) in [4.78, 5) is 10.6. The molecule has 0 aromatic carbocycles. The van der Waals surface area contributed by atoms with Crippen LogP contribution in [0.1, 0.15) is 27.7 Å². The van der Waals surface area contributed by atoms with Crippen LogP contribution in [-0.2, 0) is 4.79 Å². The van der Waals surface area contributed by atoms with Gasteiger partial charge in [-0.25, -0.2) is 0 Å². The van der Waals surface area contributed by atoms with Crippen LogP contribution in [-0.4, -0.2) is 5.97 Å². The van der Waals surface area contributed by atoms with Crippen LogP contribution < -0.4 is 69.3 Å². The van der Waals surface area contributed by atoms with E-state index in [0.29, 0.717) is 5.57 Å². The molecule has 0 radical (unpaired) electrons. The van der Waals surface area contributed by atoms with Gasteiger partial charge in [-0.15, -0.1) is 5.76 Å². The van der Waals surface area contributed by atoms with E-state index in [1.54, 1.807) is 27.7 Å². The molecule has 0 spiro atoms. The Bertz CT molecular complexity index is 280. The second kappa shape index (κ2) is 6.08. The van der Waals surface area contributed by atoms with Crippen molar-refractivity contribution in [2.75, 3.05) is 0 Å². The Kier molecular flexibility index (Phi) is 7.45. The van der Waals surface area contributed by atoms with E-state index in [0.717, 1.165) is 0 Å². The van der Waals surface area contributed by atoms with Crippen molar-refractivity contribution in [3.05, 3.63) is 11.3 Å². The van der Waals surface area contributed by atoms with Gasteiger partial charge in [0.15, 0.2) is 0 Å². The summed E-state index contributed by atoms with van der Waals surface area (Å²) in [5.74, 6) is -2.12. The molecule has 5 heteroatoms. The Morgan fingerprint density at radius 1 is 1.07 bits per heavy atom. The van der Waals surface area contributed by atoms with Gasteiger partial charge in [-0.3, -0.25) is 0 Å². The van der Waals surface area contributed by atoms with Crippen LogP contribution in [0.2, 0.25) is 0 Å². The fourth-order valence-corrected chi connectivity index (χ4v) is 1.88. The van der Waals surface area contributed by atoms with E-state index >= 15 is 0 Å². The van der Waals surface area contributed by atoms with Gasteiger partial charge in [-0.2, -0.15) is 0 Å². The van der Waals surface area contributed by atoms with Gasteiger partial charge >= 0.3 is 59.1 Å². The second-order valence-corrected chi connectivity index (χ2v) is 4.46. The van der Waals surface area contributed by atoms with Crippen molar-refractivity contribution in [3.8, 4) is 0 Å². The van der Waals surface area contributed by atoms with E-state index in [9.17, 15) is 15.0 Å². The average Bonchev–Trinajstić information content (AvgIpc) is 2.51. The van der Waals surface area contributed by atoms with Gasteiger partial charge in [0.1, 0.15) is 0 Å². The van der Waals surface area contributed by atoms with Crippen molar-refractivity contribution >= 4 is 5.97 Å². The van der Waals surface area contributed by atoms with Crippen LogP contribution in [0.3, 0.4) is 0 Å². The third kappa shape index (κ3) is 3.48. The van der Waals surface area contributed by atoms with Gasteiger partial charge in [-0.05, 0) is 25.2 Å². The SMILES string of the molecule is CC(C)=C([O-])[C@H]1[C@@H](C(=O)[O-])C1(C)C.[Na+].[Na+]. The molecule has 0 aromatic rings. The van der Waals surface area contributed by atoms with E-state index < -0.39 is 17.3 Å². The van der Waals surface area contributed by atoms with Crippen LogP contribution in [0.4, 0.5) is 0 Å². The van der Waals surface area contributed by atoms with Crippen LogP contribution in [0, 0.1) is 17.3 Å². The van der Waals surface area contributed by atoms with Crippen molar-refractivity contribution in [2.45, 2.75) is 27.7 Å². The third-order valence-corrected chi connectivity index (χ3v) is 2.86. The first-order chi connectivity index (χ1) is 5.80. The summed E-state index contributed by atoms with van der Waals surface area (Å²) in [5, 5.41) is 22.1. The van der Waals surface area contributed by atoms with Crippen LogP contribution >= 0.6 is 0 Å². The zero-order valence-corrected chi connectivity index (χ0v) is 14.4. The summed E-state index contributed by atoms with van der Waals surface area (Å²) in [6, 6.07) is 0. The zero-order chi connectivity index (χ0) is 10.4. The second-order valence-electron chi connectivity index (χ2n) is 4.46. The topological polar surface area (TPSA) is 63.2 Å². The van der Waals surface area contributed by atoms with Crippen LogP contribution in [0.15, 0.2) is 11.3 Å². The molecule has 0 saturated heterocycles. The number of allylic oxidation sites excluding steroid dienone is 2. The molecule has 3 nitrogen and oxygen atoms in total. The minimum atomic E-state index is -1.11. The van der Waals surface area contributed by atoms with Gasteiger partial charge in [0, 0.05) is 11.9 Å². The van der Waals surface area contributed by atoms with E-state index in [2.05, 4.69) is 0 Å². The van der Waals surface area contributed by atoms with E-state index in [1.807, 2.05) is 0 Å². The maximum Gasteiger partial charge on any atom is 1.00 e. The van der Waals surface area contributed by atoms with Gasteiger partial charge in [-0.1, -0.05) is 19.4 Å². The number of aliphatic carboxylic acids is 1. The molecule has 0 bridgehead atoms. The number of hydrogen-bond donors (Lipinski definition) is 0. The molecule has 1 aliphatic rings. The zero-order valence-electron chi connectivity index (χ0n) is 10.4. The van der Waals surface area contributed by atoms with Crippen molar-refractivity contribution in [1.29, 1.82) is 0 Å². The van der Waals surface area contributed by atoms with Gasteiger partial charge < -0.3 is 15.0 Å². The van der Waals surface area contributed by atoms with E-state index in [4.69, 9.17) is 0 Å². The number of carboxylic acids is 1. The first-order valence-electron chi connectivity index (χ1n) is 4.35. The quantitative estimate of drug-likeness (QED) is 0.349. The Morgan fingerprint density at radius 3 is 1.67 bits per heavy atom. The summed E-state index contributed by atoms with van der Waals surface area (Å²) in [6.45, 7) is 7.00. The summed E-state index contributed by atoms with van der Waals surface area (Å²) < 4.78 is 0. The Labute approximate surface area is 135 Å². The third-order valence-electron chi connectivity index (χ3n) is 2.86. The number of carboxylic acid groups (broad SMARTS) is 1. The minimum Gasteiger partial charge on any atom is -0.875 e. The molecule has 74 valence electrons. The van der Waals surface area contributed by atoms with E-state index in [1.165, 1.54) is 0 Å². The number of carbonyl (C=O) groups excluding carboxylic acids is 1. The molecule has 0 aromatic heterocycles. The molecule has 2 atom stereocenters. The van der Waals surface area contributed by atoms with Crippen LogP contribution in [0.5, 0.6) is 0 Å². The van der Waals surface area contributed by atoms with Crippen molar-refractivity contribution in [2.24, 2.45) is 17.3 Å². The molecule has 1 rings (SSSR count). The molecule has 0 N–H and O–H groups in total. The fraction of sp³-hybridized carbons (Fsp3) is 0.700. The van der Waals surface area contributed by atoms with Gasteiger partial charge in [0.25, 0.3) is 0 Å². The summed E-state index contributed by atoms with van der Waals surface area (Å²) >= 11 is 0. The normalized spacial score (nSPS) is 25.6. The molecule has 1 aliphatic carbocycles. The predicted octanol–water partition coefficient (Wildman–Crippen LogP) is -6.33. The van der Waals surface area contributed by atoms with Gasteiger partial charge in [0.05, 0.1) is 0 Å². The fourth-order valence-electron chi connectivity index (χ4n) is 1.88. The average molecular weight is 228 g/mol. The Morgan fingerprint density at radius 2 is 1.47 bits per heavy atom. The molecular formula is C10H14Na2O3. The molecule has 0 heterocycles. The van der Waals surface area contributed by atoms with Crippen molar-refractivity contribution in [3.63, 3.8) is 0 Å². The van der Waals surface area contributed by atoms with E-state index in [-0.39, 0.29) is 70.8 Å². The smallest absolute Gasteiger partial charge is 0.875 e. The summed E-state index contributed by atoms with van der Waals surface area (Å²) in [6.07, 6.45) is 0. The first kappa shape index (κ1) is 18.4. The molecule has 0 amide bonds. The Balaban J connectivity index is 0. The predicted molar refractivity (Wildman–Crippen MR) is 44.1 cm³/mol. The molecular weight excluding hydrogens is 214 g/mol. The number of rotatable bonds is 2. The maximum atomic E-state index is 11.5. The maximum absolute atomic E-state index is 11.5. The number of carbonyl (C=O) groups is 1. The Hall–Kier alpha value is 1.01. The standard InChI is InChI=1S/C10H16O3.2Na/c1-5(2)8(11)6-7(9(12)13)10(6,3)4;;/h6-7,11H,1-4H3,(H,12,13);;/q;2*+1/p-2/t6-,7+;;/m1../s1. The van der Waals surface area contributed by atoms with Crippen molar-refractivity contribution < 1.29 is 74.1 Å². The first-order valence-corrected chi connectivity index (χ1v) is 4.35. The molecule has 1 saturated carbocycles. The molecule has 0 aliphatic heterocycles. The minimum absolute atomic E-state index is 0. The van der Waals surface area contributed by atoms with Crippen molar-refractivity contribution in [1.82, 2.24) is 0 Å². The number of hydrogen-bond acceptors (Lipinski definition) is 3. The van der Waals surface area contributed by atoms with Crippen LogP contribution in [0.25, 0.3) is 0 Å².